The van der Waals surface area contributed by atoms with Gasteiger partial charge in [-0.15, -0.1) is 0 Å². The smallest absolute Gasteiger partial charge is 0.238 e. The van der Waals surface area contributed by atoms with E-state index in [1.807, 2.05) is 12.1 Å². The first kappa shape index (κ1) is 22.7. The summed E-state index contributed by atoms with van der Waals surface area (Å²) in [5.74, 6) is 0.426. The van der Waals surface area contributed by atoms with E-state index in [0.29, 0.717) is 5.92 Å². The maximum atomic E-state index is 11.6. The predicted molar refractivity (Wildman–Crippen MR) is 139 cm³/mol. The average Bonchev–Trinajstić information content (AvgIpc) is 3.36. The maximum Gasteiger partial charge on any atom is 0.238 e. The topological polar surface area (TPSA) is 63.4 Å². The van der Waals surface area contributed by atoms with Crippen molar-refractivity contribution in [3.8, 4) is 0 Å². The molecule has 1 aliphatic heterocycles. The molecule has 4 aromatic carbocycles. The normalized spacial score (nSPS) is 16.2. The van der Waals surface area contributed by atoms with Crippen molar-refractivity contribution in [3.05, 3.63) is 115 Å². The van der Waals surface area contributed by atoms with Crippen LogP contribution in [0.4, 0.5) is 5.69 Å². The molecule has 0 aliphatic carbocycles. The van der Waals surface area contributed by atoms with Crippen LogP contribution in [0.2, 0.25) is 0 Å². The van der Waals surface area contributed by atoms with Crippen LogP contribution in [0.15, 0.2) is 129 Å². The summed E-state index contributed by atoms with van der Waals surface area (Å²) in [4.78, 5) is 6.42. The highest BCUT2D eigenvalue weighted by Gasteiger charge is 2.30. The molecule has 4 nitrogen and oxygen atoms in total. The van der Waals surface area contributed by atoms with E-state index in [1.165, 1.54) is 20.2 Å². The van der Waals surface area contributed by atoms with Gasteiger partial charge in [-0.1, -0.05) is 48.5 Å². The second kappa shape index (κ2) is 9.66. The molecule has 1 saturated heterocycles. The zero-order valence-electron chi connectivity index (χ0n) is 18.7. The highest BCUT2D eigenvalue weighted by atomic mass is 32.2. The standard InChI is InChI=1S/C28H27N2O2S2/c29-34(31,32)28-16-14-24(15-17-28)30-19-18-23(21-30)22-8-7-13-27(20-22)33(25-9-3-1-4-10-25)26-11-5-2-6-12-26/h1-17,20,23H,18-19,21H2,(H2,29,31,32)/q+1. The molecule has 4 aromatic rings. The monoisotopic (exact) mass is 487 g/mol. The number of sulfonamides is 1. The van der Waals surface area contributed by atoms with Crippen LogP contribution in [0, 0.1) is 0 Å². The molecule has 0 radical (unpaired) electrons. The summed E-state index contributed by atoms with van der Waals surface area (Å²) in [6.45, 7) is 1.84. The number of primary sulfonamides is 1. The summed E-state index contributed by atoms with van der Waals surface area (Å²) in [5, 5.41) is 5.24. The van der Waals surface area contributed by atoms with Gasteiger partial charge in [0.2, 0.25) is 10.0 Å². The summed E-state index contributed by atoms with van der Waals surface area (Å²) in [5.41, 5.74) is 2.38. The van der Waals surface area contributed by atoms with Crippen LogP contribution >= 0.6 is 0 Å². The van der Waals surface area contributed by atoms with E-state index in [2.05, 4.69) is 89.8 Å². The SMILES string of the molecule is NS(=O)(=O)c1ccc(N2CCC(c3cccc([S+](c4ccccc4)c4ccccc4)c3)C2)cc1. The van der Waals surface area contributed by atoms with E-state index in [0.717, 1.165) is 25.2 Å². The molecule has 0 aromatic heterocycles. The van der Waals surface area contributed by atoms with Crippen LogP contribution in [0.1, 0.15) is 17.9 Å². The number of rotatable bonds is 6. The lowest BCUT2D eigenvalue weighted by Crippen LogP contribution is -2.19. The zero-order valence-corrected chi connectivity index (χ0v) is 20.4. The molecule has 1 unspecified atom stereocenters. The van der Waals surface area contributed by atoms with Gasteiger partial charge in [0.15, 0.2) is 14.7 Å². The maximum absolute atomic E-state index is 11.6. The minimum atomic E-state index is -3.67. The molecule has 0 bridgehead atoms. The molecule has 1 heterocycles. The van der Waals surface area contributed by atoms with Gasteiger partial charge in [-0.25, -0.2) is 13.6 Å². The molecule has 0 saturated carbocycles. The number of benzene rings is 4. The number of nitrogens with zero attached hydrogens (tertiary/aromatic N) is 1. The van der Waals surface area contributed by atoms with Crippen LogP contribution in [-0.2, 0) is 20.9 Å². The zero-order chi connectivity index (χ0) is 23.5. The minimum Gasteiger partial charge on any atom is -0.371 e. The third kappa shape index (κ3) is 4.89. The molecule has 1 aliphatic rings. The van der Waals surface area contributed by atoms with Crippen LogP contribution in [-0.4, -0.2) is 21.5 Å². The quantitative estimate of drug-likeness (QED) is 0.369. The molecule has 172 valence electrons. The first-order chi connectivity index (χ1) is 16.5. The van der Waals surface area contributed by atoms with Gasteiger partial charge in [0, 0.05) is 24.7 Å². The van der Waals surface area contributed by atoms with Crippen LogP contribution < -0.4 is 10.0 Å². The Bertz CT molecular complexity index is 1320. The Morgan fingerprint density at radius 2 is 1.32 bits per heavy atom. The Hall–Kier alpha value is -3.06. The summed E-state index contributed by atoms with van der Waals surface area (Å²) in [7, 11) is -3.84. The van der Waals surface area contributed by atoms with Crippen molar-refractivity contribution in [1.82, 2.24) is 0 Å². The minimum absolute atomic E-state index is 0.147. The van der Waals surface area contributed by atoms with E-state index in [1.54, 1.807) is 12.1 Å². The van der Waals surface area contributed by atoms with Crippen LogP contribution in [0.5, 0.6) is 0 Å². The summed E-state index contributed by atoms with van der Waals surface area (Å²) in [6.07, 6.45) is 1.06. The molecule has 34 heavy (non-hydrogen) atoms. The molecule has 5 rings (SSSR count). The third-order valence-electron chi connectivity index (χ3n) is 6.24. The highest BCUT2D eigenvalue weighted by Crippen LogP contribution is 2.35. The molecule has 0 amide bonds. The second-order valence-corrected chi connectivity index (χ2v) is 12.1. The molecule has 1 fully saturated rings. The number of nitrogens with two attached hydrogens (primary N) is 1. The number of hydrogen-bond acceptors (Lipinski definition) is 3. The molecular formula is C28H27N2O2S2+. The number of hydrogen-bond donors (Lipinski definition) is 1. The Kier molecular flexibility index (Phi) is 6.46. The third-order valence-corrected chi connectivity index (χ3v) is 9.38. The van der Waals surface area contributed by atoms with Crippen molar-refractivity contribution in [1.29, 1.82) is 0 Å². The van der Waals surface area contributed by atoms with Crippen molar-refractivity contribution in [2.45, 2.75) is 31.9 Å². The molecule has 1 atom stereocenters. The average molecular weight is 488 g/mol. The Labute approximate surface area is 204 Å². The largest absolute Gasteiger partial charge is 0.371 e. The van der Waals surface area contributed by atoms with Crippen molar-refractivity contribution >= 4 is 26.6 Å². The van der Waals surface area contributed by atoms with E-state index in [-0.39, 0.29) is 15.8 Å². The fourth-order valence-electron chi connectivity index (χ4n) is 4.53. The van der Waals surface area contributed by atoms with Gasteiger partial charge in [-0.3, -0.25) is 0 Å². The predicted octanol–water partition coefficient (Wildman–Crippen LogP) is 5.42. The van der Waals surface area contributed by atoms with E-state index in [4.69, 9.17) is 5.14 Å². The van der Waals surface area contributed by atoms with E-state index in [9.17, 15) is 8.42 Å². The summed E-state index contributed by atoms with van der Waals surface area (Å²) < 4.78 is 23.1. The Balaban J connectivity index is 1.41. The molecule has 0 spiro atoms. The van der Waals surface area contributed by atoms with Gasteiger partial charge in [0.05, 0.1) is 15.8 Å². The molecular weight excluding hydrogens is 460 g/mol. The van der Waals surface area contributed by atoms with Crippen molar-refractivity contribution < 1.29 is 8.42 Å². The lowest BCUT2D eigenvalue weighted by molar-refractivity contribution is 0.598. The first-order valence-electron chi connectivity index (χ1n) is 11.3. The van der Waals surface area contributed by atoms with Crippen molar-refractivity contribution in [2.24, 2.45) is 5.14 Å². The van der Waals surface area contributed by atoms with Crippen LogP contribution in [0.3, 0.4) is 0 Å². The lowest BCUT2D eigenvalue weighted by Gasteiger charge is -2.19. The molecule has 6 heteroatoms. The van der Waals surface area contributed by atoms with Gasteiger partial charge < -0.3 is 4.90 Å². The van der Waals surface area contributed by atoms with Gasteiger partial charge in [0.1, 0.15) is 0 Å². The fourth-order valence-corrected chi connectivity index (χ4v) is 7.19. The second-order valence-electron chi connectivity index (χ2n) is 8.48. The van der Waals surface area contributed by atoms with Gasteiger partial charge in [-0.2, -0.15) is 0 Å². The van der Waals surface area contributed by atoms with E-state index >= 15 is 0 Å². The first-order valence-corrected chi connectivity index (χ1v) is 14.1. The van der Waals surface area contributed by atoms with Crippen LogP contribution in [0.25, 0.3) is 0 Å². The summed E-state index contributed by atoms with van der Waals surface area (Å²) >= 11 is 0. The number of anilines is 1. The van der Waals surface area contributed by atoms with Crippen molar-refractivity contribution in [2.75, 3.05) is 18.0 Å². The molecule has 2 N–H and O–H groups in total. The van der Waals surface area contributed by atoms with Gasteiger partial charge >= 0.3 is 0 Å². The lowest BCUT2D eigenvalue weighted by atomic mass is 9.99. The summed E-state index contributed by atoms with van der Waals surface area (Å²) in [6, 6.07) is 37.3. The van der Waals surface area contributed by atoms with E-state index < -0.39 is 10.0 Å². The van der Waals surface area contributed by atoms with Gasteiger partial charge in [0.25, 0.3) is 0 Å². The highest BCUT2D eigenvalue weighted by molar-refractivity contribution is 7.97. The Morgan fingerprint density at radius 3 is 1.91 bits per heavy atom. The Morgan fingerprint density at radius 1 is 0.735 bits per heavy atom. The van der Waals surface area contributed by atoms with Gasteiger partial charge in [-0.05, 0) is 72.6 Å². The fraction of sp³-hybridized carbons (Fsp3) is 0.143. The van der Waals surface area contributed by atoms with Crippen molar-refractivity contribution in [3.63, 3.8) is 0 Å².